The van der Waals surface area contributed by atoms with Crippen LogP contribution in [0.2, 0.25) is 0 Å². The van der Waals surface area contributed by atoms with Crippen molar-refractivity contribution in [3.05, 3.63) is 52.7 Å². The van der Waals surface area contributed by atoms with Crippen molar-refractivity contribution in [3.8, 4) is 5.75 Å². The summed E-state index contributed by atoms with van der Waals surface area (Å²) >= 11 is 1.18. The first kappa shape index (κ1) is 33.9. The number of amidine groups is 1. The predicted octanol–water partition coefficient (Wildman–Crippen LogP) is 2.33. The average Bonchev–Trinajstić information content (AvgIpc) is 3.34. The molecule has 1 aliphatic rings. The van der Waals surface area contributed by atoms with Crippen molar-refractivity contribution in [2.24, 2.45) is 16.8 Å². The number of pyridine rings is 1. The highest BCUT2D eigenvalue weighted by molar-refractivity contribution is 7.96. The fourth-order valence-electron chi connectivity index (χ4n) is 3.33. The summed E-state index contributed by atoms with van der Waals surface area (Å²) in [5, 5.41) is 23.9. The molecule has 1 aromatic heterocycles. The molecule has 15 heteroatoms. The first-order valence-corrected chi connectivity index (χ1v) is 12.6. The molecule has 0 radical (unpaired) electrons. The average molecular weight is 576 g/mol. The van der Waals surface area contributed by atoms with Gasteiger partial charge in [0, 0.05) is 33.0 Å². The maximum Gasteiger partial charge on any atom is 0.389 e. The van der Waals surface area contributed by atoms with E-state index in [1.165, 1.54) is 24.1 Å². The van der Waals surface area contributed by atoms with Crippen molar-refractivity contribution in [1.82, 2.24) is 14.3 Å². The van der Waals surface area contributed by atoms with Crippen LogP contribution in [0, 0.1) is 0 Å². The van der Waals surface area contributed by atoms with Gasteiger partial charge in [0.1, 0.15) is 17.3 Å². The van der Waals surface area contributed by atoms with Gasteiger partial charge in [-0.1, -0.05) is 18.0 Å². The molecular formula is C24H36F3N7O4S. The Balaban J connectivity index is 0.000000371. The molecule has 0 amide bonds. The van der Waals surface area contributed by atoms with Crippen molar-refractivity contribution in [2.45, 2.75) is 38.7 Å². The lowest BCUT2D eigenvalue weighted by Crippen LogP contribution is -2.47. The molecule has 2 heterocycles. The van der Waals surface area contributed by atoms with E-state index < -0.39 is 12.6 Å². The lowest BCUT2D eigenvalue weighted by molar-refractivity contribution is -0.129. The van der Waals surface area contributed by atoms with Gasteiger partial charge in [0.25, 0.3) is 0 Å². The van der Waals surface area contributed by atoms with Crippen molar-refractivity contribution < 1.29 is 32.9 Å². The number of hydrazone groups is 1. The molecule has 0 aliphatic carbocycles. The van der Waals surface area contributed by atoms with E-state index >= 15 is 0 Å². The molecular weight excluding hydrogens is 539 g/mol. The first-order valence-electron chi connectivity index (χ1n) is 11.7. The summed E-state index contributed by atoms with van der Waals surface area (Å²) in [7, 11) is 4.25. The molecule has 1 aliphatic heterocycles. The molecule has 1 aromatic carbocycles. The van der Waals surface area contributed by atoms with E-state index in [1.807, 2.05) is 16.4 Å². The van der Waals surface area contributed by atoms with Gasteiger partial charge in [0.05, 0.1) is 31.7 Å². The van der Waals surface area contributed by atoms with E-state index in [-0.39, 0.29) is 18.4 Å². The molecule has 0 saturated heterocycles. The Morgan fingerprint density at radius 3 is 2.49 bits per heavy atom. The largest absolute Gasteiger partial charge is 0.496 e. The molecule has 3 rings (SSSR count). The van der Waals surface area contributed by atoms with Crippen LogP contribution in [0.25, 0.3) is 0 Å². The van der Waals surface area contributed by atoms with Crippen LogP contribution in [-0.2, 0) is 13.1 Å². The third-order valence-corrected chi connectivity index (χ3v) is 6.38. The minimum absolute atomic E-state index is 0.00909. The fourth-order valence-corrected chi connectivity index (χ4v) is 4.37. The quantitative estimate of drug-likeness (QED) is 0.0745. The minimum Gasteiger partial charge on any atom is -0.496 e. The number of hydrogen-bond donors (Lipinski definition) is 5. The first-order chi connectivity index (χ1) is 18.6. The summed E-state index contributed by atoms with van der Waals surface area (Å²) in [5.74, 6) is 12.6. The van der Waals surface area contributed by atoms with Crippen LogP contribution in [0.4, 0.5) is 19.0 Å². The fraction of sp³-hybridized carbons (Fsp3) is 0.458. The number of hydrazine groups is 1. The van der Waals surface area contributed by atoms with Gasteiger partial charge in [0.2, 0.25) is 0 Å². The number of anilines is 1. The number of benzene rings is 1. The normalized spacial score (nSPS) is 13.7. The standard InChI is InChI=1S/C13H14F3NO2S.C10H18N6O.CH4O/c1-19-12-5-10-7-17(20-3-2-13(14,15)16)6-9(10)4-11(12)8-18;1-7(6-17)16(12)10(15-11)8-4-3-5-9(13-2)14-8;1-2/h4-5,8H,2-3,6-7H2,1H3;3-5,7,17H,6,11-12H2,1-2H3,(H,13,14);2H,1H3/b;15-10-;. The second kappa shape index (κ2) is 16.8. The predicted molar refractivity (Wildman–Crippen MR) is 146 cm³/mol. The summed E-state index contributed by atoms with van der Waals surface area (Å²) in [4.78, 5) is 15.2. The number of nitrogens with one attached hydrogen (secondary N) is 1. The lowest BCUT2D eigenvalue weighted by Gasteiger charge is -2.24. The number of aliphatic hydroxyl groups excluding tert-OH is 2. The third-order valence-electron chi connectivity index (χ3n) is 5.37. The van der Waals surface area contributed by atoms with E-state index in [0.29, 0.717) is 41.7 Å². The van der Waals surface area contributed by atoms with Gasteiger partial charge in [-0.05, 0) is 42.3 Å². The number of carbonyl (C=O) groups is 1. The lowest BCUT2D eigenvalue weighted by atomic mass is 10.1. The smallest absolute Gasteiger partial charge is 0.389 e. The van der Waals surface area contributed by atoms with Crippen LogP contribution in [0.3, 0.4) is 0 Å². The Morgan fingerprint density at radius 1 is 1.33 bits per heavy atom. The van der Waals surface area contributed by atoms with Crippen LogP contribution < -0.4 is 21.7 Å². The summed E-state index contributed by atoms with van der Waals surface area (Å²) in [6.07, 6.45) is -4.19. The molecule has 218 valence electrons. The second-order valence-corrected chi connectivity index (χ2v) is 9.21. The topological polar surface area (TPSA) is 163 Å². The minimum atomic E-state index is -4.12. The molecule has 0 bridgehead atoms. The van der Waals surface area contributed by atoms with E-state index in [4.69, 9.17) is 26.6 Å². The number of hydrogen-bond acceptors (Lipinski definition) is 11. The Hall–Kier alpha value is -3.11. The molecule has 0 fully saturated rings. The summed E-state index contributed by atoms with van der Waals surface area (Å²) in [5.41, 5.74) is 2.97. The number of ether oxygens (including phenoxy) is 1. The number of fused-ring (bicyclic) bond motifs is 1. The number of aromatic nitrogens is 1. The highest BCUT2D eigenvalue weighted by Crippen LogP contribution is 2.34. The number of carbonyl (C=O) groups excluding carboxylic acids is 1. The van der Waals surface area contributed by atoms with Gasteiger partial charge in [-0.25, -0.2) is 15.1 Å². The third kappa shape index (κ3) is 10.5. The zero-order valence-electron chi connectivity index (χ0n) is 22.3. The van der Waals surface area contributed by atoms with Crippen molar-refractivity contribution >= 4 is 29.9 Å². The van der Waals surface area contributed by atoms with Gasteiger partial charge >= 0.3 is 6.18 Å². The van der Waals surface area contributed by atoms with Gasteiger partial charge in [0.15, 0.2) is 12.1 Å². The number of methoxy groups -OCH3 is 1. The number of alkyl halides is 3. The van der Waals surface area contributed by atoms with Crippen molar-refractivity contribution in [2.75, 3.05) is 38.9 Å². The maximum absolute atomic E-state index is 12.1. The summed E-state index contributed by atoms with van der Waals surface area (Å²) in [6, 6.07) is 8.60. The SMILES string of the molecule is CNc1cccc(/C(=N/N)N(N)C(C)CO)n1.CO.COc1cc2c(cc1C=O)CN(SCCC(F)(F)F)C2. The number of halogens is 3. The Morgan fingerprint density at radius 2 is 1.97 bits per heavy atom. The summed E-state index contributed by atoms with van der Waals surface area (Å²) in [6.45, 7) is 2.77. The number of nitrogens with two attached hydrogens (primary N) is 2. The molecule has 2 aromatic rings. The molecule has 11 nitrogen and oxygen atoms in total. The number of aliphatic hydroxyl groups is 2. The molecule has 39 heavy (non-hydrogen) atoms. The molecule has 0 spiro atoms. The van der Waals surface area contributed by atoms with Crippen LogP contribution in [0.5, 0.6) is 5.75 Å². The van der Waals surface area contributed by atoms with Gasteiger partial charge in [-0.2, -0.15) is 18.3 Å². The monoisotopic (exact) mass is 575 g/mol. The Bertz CT molecular complexity index is 1080. The zero-order chi connectivity index (χ0) is 29.6. The van der Waals surface area contributed by atoms with E-state index in [9.17, 15) is 18.0 Å². The van der Waals surface area contributed by atoms with Crippen LogP contribution in [0.1, 0.15) is 40.5 Å². The van der Waals surface area contributed by atoms with E-state index in [2.05, 4.69) is 15.4 Å². The molecule has 0 saturated carbocycles. The van der Waals surface area contributed by atoms with E-state index in [0.717, 1.165) is 24.5 Å². The highest BCUT2D eigenvalue weighted by Gasteiger charge is 2.28. The number of nitrogens with zero attached hydrogens (tertiary/aromatic N) is 4. The Labute approximate surface area is 230 Å². The maximum atomic E-state index is 12.1. The second-order valence-electron chi connectivity index (χ2n) is 8.03. The molecule has 7 N–H and O–H groups in total. The van der Waals surface area contributed by atoms with Gasteiger partial charge in [-0.3, -0.25) is 9.80 Å². The van der Waals surface area contributed by atoms with E-state index in [1.54, 1.807) is 32.2 Å². The van der Waals surface area contributed by atoms with Gasteiger partial charge < -0.3 is 26.1 Å². The number of aldehydes is 1. The summed E-state index contributed by atoms with van der Waals surface area (Å²) < 4.78 is 43.3. The Kier molecular flexibility index (Phi) is 14.6. The van der Waals surface area contributed by atoms with Crippen LogP contribution in [0.15, 0.2) is 35.4 Å². The van der Waals surface area contributed by atoms with Crippen molar-refractivity contribution in [1.29, 1.82) is 0 Å². The zero-order valence-corrected chi connectivity index (χ0v) is 23.1. The van der Waals surface area contributed by atoms with Crippen LogP contribution in [-0.4, -0.2) is 82.5 Å². The number of rotatable bonds is 9. The van der Waals surface area contributed by atoms with Gasteiger partial charge in [-0.15, -0.1) is 0 Å². The molecule has 1 atom stereocenters. The highest BCUT2D eigenvalue weighted by atomic mass is 32.2. The van der Waals surface area contributed by atoms with Crippen LogP contribution >= 0.6 is 11.9 Å². The van der Waals surface area contributed by atoms with Crippen molar-refractivity contribution in [3.63, 3.8) is 0 Å². The molecule has 1 unspecified atom stereocenters.